The lowest BCUT2D eigenvalue weighted by atomic mass is 9.86. The molecule has 0 spiro atoms. The second-order valence-electron chi connectivity index (χ2n) is 10.6. The van der Waals surface area contributed by atoms with Crippen molar-refractivity contribution in [3.63, 3.8) is 0 Å². The monoisotopic (exact) mass is 490 g/mol. The molecule has 0 saturated carbocycles. The first-order valence-electron chi connectivity index (χ1n) is 12.9. The molecule has 7 heteroatoms. The molecule has 2 aromatic carbocycles. The Morgan fingerprint density at radius 3 is 2.31 bits per heavy atom. The smallest absolute Gasteiger partial charge is 0.271 e. The van der Waals surface area contributed by atoms with E-state index in [0.717, 1.165) is 37.2 Å². The van der Waals surface area contributed by atoms with Crippen LogP contribution in [0.25, 0.3) is 5.76 Å². The van der Waals surface area contributed by atoms with E-state index in [4.69, 9.17) is 4.74 Å². The van der Waals surface area contributed by atoms with Crippen molar-refractivity contribution in [3.05, 3.63) is 70.9 Å². The minimum Gasteiger partial charge on any atom is -0.463 e. The molecule has 1 fully saturated rings. The van der Waals surface area contributed by atoms with Crippen molar-refractivity contribution in [3.8, 4) is 0 Å². The number of nitrogens with zero attached hydrogens (tertiary/aromatic N) is 1. The number of rotatable bonds is 8. The van der Waals surface area contributed by atoms with Crippen LogP contribution in [0, 0.1) is 0 Å². The Kier molecular flexibility index (Phi) is 7.99. The maximum Gasteiger partial charge on any atom is 0.271 e. The van der Waals surface area contributed by atoms with Gasteiger partial charge in [-0.2, -0.15) is 0 Å². The molecule has 2 amide bonds. The first kappa shape index (κ1) is 25.8. The van der Waals surface area contributed by atoms with Crippen LogP contribution in [-0.4, -0.2) is 42.9 Å². The summed E-state index contributed by atoms with van der Waals surface area (Å²) < 4.78 is 6.31. The minimum absolute atomic E-state index is 0.0572. The molecule has 2 aliphatic rings. The third kappa shape index (κ3) is 6.46. The molecule has 2 aromatic rings. The summed E-state index contributed by atoms with van der Waals surface area (Å²) in [6.07, 6.45) is 2.98. The fraction of sp³-hybridized carbons (Fsp3) is 0.448. The number of nitrogens with one attached hydrogen (secondary N) is 3. The molecule has 2 heterocycles. The maximum absolute atomic E-state index is 13.2. The van der Waals surface area contributed by atoms with Gasteiger partial charge in [-0.3, -0.25) is 9.59 Å². The summed E-state index contributed by atoms with van der Waals surface area (Å²) in [4.78, 5) is 27.0. The molecule has 0 radical (unpaired) electrons. The molecule has 7 nitrogen and oxygen atoms in total. The summed E-state index contributed by atoms with van der Waals surface area (Å²) in [5, 5.41) is 9.14. The molecule has 1 saturated heterocycles. The van der Waals surface area contributed by atoms with Crippen LogP contribution in [0.1, 0.15) is 69.9 Å². The van der Waals surface area contributed by atoms with Gasteiger partial charge < -0.3 is 25.6 Å². The van der Waals surface area contributed by atoms with Crippen molar-refractivity contribution in [2.24, 2.45) is 0 Å². The number of carbonyl (C=O) groups excluding carboxylic acids is 2. The van der Waals surface area contributed by atoms with Gasteiger partial charge in [0.25, 0.3) is 5.91 Å². The highest BCUT2D eigenvalue weighted by Crippen LogP contribution is 2.34. The van der Waals surface area contributed by atoms with Gasteiger partial charge in [-0.25, -0.2) is 0 Å². The van der Waals surface area contributed by atoms with Crippen LogP contribution in [0.4, 0.5) is 5.69 Å². The van der Waals surface area contributed by atoms with Crippen LogP contribution in [0.15, 0.2) is 54.2 Å². The van der Waals surface area contributed by atoms with Gasteiger partial charge in [0.2, 0.25) is 5.91 Å². The highest BCUT2D eigenvalue weighted by Gasteiger charge is 2.31. The highest BCUT2D eigenvalue weighted by molar-refractivity contribution is 6.00. The summed E-state index contributed by atoms with van der Waals surface area (Å²) >= 11 is 0. The van der Waals surface area contributed by atoms with Gasteiger partial charge in [-0.15, -0.1) is 0 Å². The Morgan fingerprint density at radius 2 is 1.69 bits per heavy atom. The number of ether oxygens (including phenoxy) is 1. The zero-order chi connectivity index (χ0) is 25.7. The molecular weight excluding hydrogens is 452 g/mol. The maximum atomic E-state index is 13.2. The van der Waals surface area contributed by atoms with Crippen molar-refractivity contribution in [2.75, 3.05) is 31.5 Å². The van der Waals surface area contributed by atoms with E-state index in [2.05, 4.69) is 53.8 Å². The van der Waals surface area contributed by atoms with Crippen LogP contribution >= 0.6 is 0 Å². The summed E-state index contributed by atoms with van der Waals surface area (Å²) in [6, 6.07) is 15.6. The molecule has 0 bridgehead atoms. The molecule has 3 N–H and O–H groups in total. The Labute approximate surface area is 214 Å². The quantitative estimate of drug-likeness (QED) is 0.474. The fourth-order valence-corrected chi connectivity index (χ4v) is 4.60. The third-order valence-electron chi connectivity index (χ3n) is 6.65. The van der Waals surface area contributed by atoms with Crippen molar-refractivity contribution in [2.45, 2.75) is 58.6 Å². The van der Waals surface area contributed by atoms with Crippen molar-refractivity contribution in [1.29, 1.82) is 0 Å². The van der Waals surface area contributed by atoms with E-state index in [-0.39, 0.29) is 17.2 Å². The second-order valence-corrected chi connectivity index (χ2v) is 10.6. The summed E-state index contributed by atoms with van der Waals surface area (Å²) in [6.45, 7) is 12.0. The SMILES string of the molecule is CC(=O)Nc1ccc(C2=C(C(=O)NCCCN3CCCC3)NC(c3ccc(C(C)(C)C)cc3)O2)cc1. The van der Waals surface area contributed by atoms with Gasteiger partial charge >= 0.3 is 0 Å². The van der Waals surface area contributed by atoms with Gasteiger partial charge in [-0.05, 0) is 74.1 Å². The molecule has 36 heavy (non-hydrogen) atoms. The molecule has 1 unspecified atom stereocenters. The molecule has 192 valence electrons. The van der Waals surface area contributed by atoms with Crippen molar-refractivity contribution in [1.82, 2.24) is 15.5 Å². The van der Waals surface area contributed by atoms with E-state index >= 15 is 0 Å². The number of likely N-dealkylation sites (tertiary alicyclic amines) is 1. The Balaban J connectivity index is 1.49. The van der Waals surface area contributed by atoms with Gasteiger partial charge in [0.15, 0.2) is 12.0 Å². The van der Waals surface area contributed by atoms with E-state index in [1.54, 1.807) is 0 Å². The van der Waals surface area contributed by atoms with E-state index in [9.17, 15) is 9.59 Å². The number of anilines is 1. The minimum atomic E-state index is -0.464. The Bertz CT molecular complexity index is 1090. The average molecular weight is 491 g/mol. The summed E-state index contributed by atoms with van der Waals surface area (Å²) in [5.74, 6) is 0.200. The van der Waals surface area contributed by atoms with E-state index in [1.165, 1.54) is 25.3 Å². The van der Waals surface area contributed by atoms with Gasteiger partial charge in [0.05, 0.1) is 0 Å². The van der Waals surface area contributed by atoms with Gasteiger partial charge in [0.1, 0.15) is 5.70 Å². The predicted molar refractivity (Wildman–Crippen MR) is 143 cm³/mol. The molecule has 1 atom stereocenters. The normalized spacial score (nSPS) is 18.1. The largest absolute Gasteiger partial charge is 0.463 e. The van der Waals surface area contributed by atoms with Gasteiger partial charge in [-0.1, -0.05) is 45.0 Å². The first-order chi connectivity index (χ1) is 17.2. The molecule has 2 aliphatic heterocycles. The van der Waals surface area contributed by atoms with Gasteiger partial charge in [0, 0.05) is 30.3 Å². The lowest BCUT2D eigenvalue weighted by Crippen LogP contribution is -2.33. The average Bonchev–Trinajstić information content (AvgIpc) is 3.52. The molecule has 4 rings (SSSR count). The van der Waals surface area contributed by atoms with E-state index < -0.39 is 6.23 Å². The third-order valence-corrected chi connectivity index (χ3v) is 6.65. The number of hydrogen-bond donors (Lipinski definition) is 3. The van der Waals surface area contributed by atoms with Crippen LogP contribution in [0.5, 0.6) is 0 Å². The number of carbonyl (C=O) groups is 2. The van der Waals surface area contributed by atoms with Crippen LogP contribution in [-0.2, 0) is 19.7 Å². The van der Waals surface area contributed by atoms with E-state index in [0.29, 0.717) is 23.7 Å². The molecule has 0 aliphatic carbocycles. The topological polar surface area (TPSA) is 82.7 Å². The molecule has 0 aromatic heterocycles. The first-order valence-corrected chi connectivity index (χ1v) is 12.9. The Hall–Kier alpha value is -3.32. The number of amides is 2. The predicted octanol–water partition coefficient (Wildman–Crippen LogP) is 4.53. The summed E-state index contributed by atoms with van der Waals surface area (Å²) in [5.41, 5.74) is 4.14. The fourth-order valence-electron chi connectivity index (χ4n) is 4.60. The van der Waals surface area contributed by atoms with Crippen LogP contribution in [0.2, 0.25) is 0 Å². The highest BCUT2D eigenvalue weighted by atomic mass is 16.5. The lowest BCUT2D eigenvalue weighted by Gasteiger charge is -2.20. The summed E-state index contributed by atoms with van der Waals surface area (Å²) in [7, 11) is 0. The molecular formula is C29H38N4O3. The Morgan fingerprint density at radius 1 is 1.03 bits per heavy atom. The standard InChI is InChI=1S/C29H38N4O3/c1-20(34)31-24-14-10-21(11-15-24)26-25(27(35)30-16-7-19-33-17-5-6-18-33)32-28(36-26)22-8-12-23(13-9-22)29(2,3)4/h8-15,28,32H,5-7,16-19H2,1-4H3,(H,30,35)(H,31,34). The van der Waals surface area contributed by atoms with Crippen molar-refractivity contribution >= 4 is 23.3 Å². The van der Waals surface area contributed by atoms with E-state index in [1.807, 2.05) is 36.4 Å². The van der Waals surface area contributed by atoms with Crippen LogP contribution in [0.3, 0.4) is 0 Å². The number of hydrogen-bond acceptors (Lipinski definition) is 5. The van der Waals surface area contributed by atoms with Crippen molar-refractivity contribution < 1.29 is 14.3 Å². The second kappa shape index (κ2) is 11.2. The zero-order valence-corrected chi connectivity index (χ0v) is 21.8. The number of benzene rings is 2. The van der Waals surface area contributed by atoms with Crippen LogP contribution < -0.4 is 16.0 Å². The lowest BCUT2D eigenvalue weighted by molar-refractivity contribution is -0.118. The zero-order valence-electron chi connectivity index (χ0n) is 21.8.